The summed E-state index contributed by atoms with van der Waals surface area (Å²) < 4.78 is 28.0. The van der Waals surface area contributed by atoms with Crippen molar-refractivity contribution in [3.8, 4) is 0 Å². The zero-order valence-electron chi connectivity index (χ0n) is 12.4. The lowest BCUT2D eigenvalue weighted by atomic mass is 9.90. The van der Waals surface area contributed by atoms with Crippen molar-refractivity contribution in [3.05, 3.63) is 64.7 Å². The third kappa shape index (κ3) is 3.05. The first-order chi connectivity index (χ1) is 9.87. The molecular formula is C17H19F2NO. The maximum Gasteiger partial charge on any atom is 0.129 e. The molecule has 0 fully saturated rings. The number of rotatable bonds is 4. The Balaban J connectivity index is 2.47. The van der Waals surface area contributed by atoms with E-state index >= 15 is 0 Å². The Labute approximate surface area is 123 Å². The second kappa shape index (κ2) is 5.82. The third-order valence-electron chi connectivity index (χ3n) is 3.71. The molecule has 21 heavy (non-hydrogen) atoms. The minimum absolute atomic E-state index is 0.108. The van der Waals surface area contributed by atoms with E-state index in [1.807, 2.05) is 31.2 Å². The molecule has 0 amide bonds. The number of nitrogens with one attached hydrogen (secondary N) is 1. The van der Waals surface area contributed by atoms with Gasteiger partial charge in [-0.3, -0.25) is 0 Å². The maximum absolute atomic E-state index is 14.2. The van der Waals surface area contributed by atoms with Crippen molar-refractivity contribution in [2.45, 2.75) is 26.3 Å². The Morgan fingerprint density at radius 1 is 1.05 bits per heavy atom. The molecule has 2 aromatic carbocycles. The quantitative estimate of drug-likeness (QED) is 0.895. The number of benzene rings is 2. The van der Waals surface area contributed by atoms with Gasteiger partial charge in [-0.25, -0.2) is 8.78 Å². The van der Waals surface area contributed by atoms with Crippen LogP contribution in [0, 0.1) is 25.5 Å². The predicted octanol–water partition coefficient (Wildman–Crippen LogP) is 3.90. The molecule has 0 saturated heterocycles. The molecule has 0 aliphatic heterocycles. The molecule has 0 aliphatic rings. The van der Waals surface area contributed by atoms with E-state index in [4.69, 9.17) is 0 Å². The second-order valence-electron chi connectivity index (χ2n) is 5.51. The summed E-state index contributed by atoms with van der Waals surface area (Å²) in [5, 5.41) is 12.8. The number of halogens is 2. The number of aliphatic hydroxyl groups is 1. The van der Waals surface area contributed by atoms with Crippen molar-refractivity contribution in [1.29, 1.82) is 0 Å². The van der Waals surface area contributed by atoms with Crippen LogP contribution in [0.15, 0.2) is 36.4 Å². The second-order valence-corrected chi connectivity index (χ2v) is 5.51. The summed E-state index contributed by atoms with van der Waals surface area (Å²) in [6, 6.07) is 9.78. The van der Waals surface area contributed by atoms with Gasteiger partial charge in [-0.05, 0) is 50.1 Å². The molecule has 2 nitrogen and oxygen atoms in total. The average molecular weight is 291 g/mol. The molecule has 0 radical (unpaired) electrons. The molecule has 0 spiro atoms. The minimum Gasteiger partial charge on any atom is -0.394 e. The fourth-order valence-electron chi connectivity index (χ4n) is 2.27. The van der Waals surface area contributed by atoms with E-state index in [0.29, 0.717) is 0 Å². The minimum atomic E-state index is -1.11. The van der Waals surface area contributed by atoms with E-state index < -0.39 is 17.2 Å². The number of hydrogen-bond acceptors (Lipinski definition) is 2. The molecule has 0 aromatic heterocycles. The van der Waals surface area contributed by atoms with Crippen LogP contribution in [-0.2, 0) is 5.54 Å². The Hall–Kier alpha value is -1.94. The molecule has 2 aromatic rings. The van der Waals surface area contributed by atoms with E-state index in [1.54, 1.807) is 6.92 Å². The van der Waals surface area contributed by atoms with Crippen LogP contribution in [-0.4, -0.2) is 11.7 Å². The van der Waals surface area contributed by atoms with Crippen LogP contribution in [0.25, 0.3) is 0 Å². The van der Waals surface area contributed by atoms with E-state index in [-0.39, 0.29) is 17.7 Å². The monoisotopic (exact) mass is 291 g/mol. The predicted molar refractivity (Wildman–Crippen MR) is 80.3 cm³/mol. The fourth-order valence-corrected chi connectivity index (χ4v) is 2.27. The van der Waals surface area contributed by atoms with Gasteiger partial charge < -0.3 is 10.4 Å². The standard InChI is InChI=1S/C17H19F2NO/c1-11-6-4-5-7-16(11)20-17(3,10-21)13-9-14(18)12(2)8-15(13)19/h4-9,20-21H,10H2,1-3H3. The molecule has 1 unspecified atom stereocenters. The largest absolute Gasteiger partial charge is 0.394 e. The molecule has 4 heteroatoms. The molecule has 0 aliphatic carbocycles. The first-order valence-electron chi connectivity index (χ1n) is 6.78. The van der Waals surface area contributed by atoms with Crippen molar-refractivity contribution >= 4 is 5.69 Å². The van der Waals surface area contributed by atoms with Crippen LogP contribution >= 0.6 is 0 Å². The van der Waals surface area contributed by atoms with Crippen LogP contribution in [0.1, 0.15) is 23.6 Å². The summed E-state index contributed by atoms with van der Waals surface area (Å²) in [5.74, 6) is -1.02. The van der Waals surface area contributed by atoms with Crippen LogP contribution in [0.5, 0.6) is 0 Å². The van der Waals surface area contributed by atoms with Gasteiger partial charge in [0, 0.05) is 11.3 Å². The highest BCUT2D eigenvalue weighted by atomic mass is 19.1. The van der Waals surface area contributed by atoms with Crippen LogP contribution < -0.4 is 5.32 Å². The molecular weight excluding hydrogens is 272 g/mol. The third-order valence-corrected chi connectivity index (χ3v) is 3.71. The van der Waals surface area contributed by atoms with Crippen LogP contribution in [0.4, 0.5) is 14.5 Å². The summed E-state index contributed by atoms with van der Waals surface area (Å²) in [4.78, 5) is 0. The molecule has 0 bridgehead atoms. The Bertz CT molecular complexity index is 657. The summed E-state index contributed by atoms with van der Waals surface area (Å²) >= 11 is 0. The van der Waals surface area contributed by atoms with Crippen LogP contribution in [0.2, 0.25) is 0 Å². The summed E-state index contributed by atoms with van der Waals surface area (Å²) in [5.41, 5.74) is 0.980. The van der Waals surface area contributed by atoms with Gasteiger partial charge in [-0.2, -0.15) is 0 Å². The van der Waals surface area contributed by atoms with Gasteiger partial charge in [0.05, 0.1) is 12.1 Å². The van der Waals surface area contributed by atoms with Gasteiger partial charge in [-0.15, -0.1) is 0 Å². The molecule has 0 saturated carbocycles. The van der Waals surface area contributed by atoms with E-state index in [9.17, 15) is 13.9 Å². The summed E-state index contributed by atoms with van der Waals surface area (Å²) in [7, 11) is 0. The normalized spacial score (nSPS) is 13.8. The van der Waals surface area contributed by atoms with E-state index in [0.717, 1.165) is 23.4 Å². The van der Waals surface area contributed by atoms with Gasteiger partial charge in [0.2, 0.25) is 0 Å². The lowest BCUT2D eigenvalue weighted by Crippen LogP contribution is -2.37. The molecule has 2 N–H and O–H groups in total. The lowest BCUT2D eigenvalue weighted by molar-refractivity contribution is 0.220. The van der Waals surface area contributed by atoms with Crippen molar-refractivity contribution in [2.75, 3.05) is 11.9 Å². The van der Waals surface area contributed by atoms with Gasteiger partial charge in [0.25, 0.3) is 0 Å². The number of aryl methyl sites for hydroxylation is 2. The van der Waals surface area contributed by atoms with E-state index in [2.05, 4.69) is 5.32 Å². The van der Waals surface area contributed by atoms with Crippen LogP contribution in [0.3, 0.4) is 0 Å². The van der Waals surface area contributed by atoms with Crippen molar-refractivity contribution in [3.63, 3.8) is 0 Å². The zero-order valence-corrected chi connectivity index (χ0v) is 12.4. The smallest absolute Gasteiger partial charge is 0.129 e. The average Bonchev–Trinajstić information content (AvgIpc) is 2.45. The number of hydrogen-bond donors (Lipinski definition) is 2. The highest BCUT2D eigenvalue weighted by molar-refractivity contribution is 5.54. The number of anilines is 1. The highest BCUT2D eigenvalue weighted by Gasteiger charge is 2.30. The van der Waals surface area contributed by atoms with Gasteiger partial charge in [-0.1, -0.05) is 18.2 Å². The van der Waals surface area contributed by atoms with Gasteiger partial charge in [0.1, 0.15) is 11.6 Å². The summed E-state index contributed by atoms with van der Waals surface area (Å²) in [6.45, 7) is 4.70. The molecule has 2 rings (SSSR count). The first kappa shape index (κ1) is 15.4. The SMILES string of the molecule is Cc1cc(F)c(C(C)(CO)Nc2ccccc2C)cc1F. The van der Waals surface area contributed by atoms with Gasteiger partial charge >= 0.3 is 0 Å². The molecule has 1 atom stereocenters. The highest BCUT2D eigenvalue weighted by Crippen LogP contribution is 2.30. The Morgan fingerprint density at radius 2 is 1.71 bits per heavy atom. The Kier molecular flexibility index (Phi) is 4.28. The maximum atomic E-state index is 14.2. The van der Waals surface area contributed by atoms with Crippen molar-refractivity contribution < 1.29 is 13.9 Å². The Morgan fingerprint density at radius 3 is 2.33 bits per heavy atom. The van der Waals surface area contributed by atoms with Crippen molar-refractivity contribution in [2.24, 2.45) is 0 Å². The zero-order chi connectivity index (χ0) is 15.6. The topological polar surface area (TPSA) is 32.3 Å². The van der Waals surface area contributed by atoms with E-state index in [1.165, 1.54) is 6.92 Å². The molecule has 112 valence electrons. The van der Waals surface area contributed by atoms with Gasteiger partial charge in [0.15, 0.2) is 0 Å². The molecule has 0 heterocycles. The fraction of sp³-hybridized carbons (Fsp3) is 0.294. The summed E-state index contributed by atoms with van der Waals surface area (Å²) in [6.07, 6.45) is 0. The number of aliphatic hydroxyl groups excluding tert-OH is 1. The first-order valence-corrected chi connectivity index (χ1v) is 6.78. The number of para-hydroxylation sites is 1. The van der Waals surface area contributed by atoms with Crippen molar-refractivity contribution in [1.82, 2.24) is 0 Å². The lowest BCUT2D eigenvalue weighted by Gasteiger charge is -2.31.